The lowest BCUT2D eigenvalue weighted by Crippen LogP contribution is -2.50. The molecule has 1 unspecified atom stereocenters. The van der Waals surface area contributed by atoms with Crippen LogP contribution in [0.2, 0.25) is 0 Å². The molecule has 1 fully saturated rings. The molecule has 1 saturated heterocycles. The molecule has 0 spiro atoms. The molecule has 54 valence electrons. The van der Waals surface area contributed by atoms with Crippen molar-refractivity contribution in [3.63, 3.8) is 0 Å². The van der Waals surface area contributed by atoms with Crippen LogP contribution >= 0.6 is 0 Å². The van der Waals surface area contributed by atoms with Gasteiger partial charge in [0.05, 0.1) is 0 Å². The van der Waals surface area contributed by atoms with Crippen molar-refractivity contribution in [2.45, 2.75) is 5.25 Å². The van der Waals surface area contributed by atoms with E-state index in [1.807, 2.05) is 7.05 Å². The monoisotopic (exact) mass is 146 g/mol. The fourth-order valence-electron chi connectivity index (χ4n) is 1.01. The molecule has 0 amide bonds. The van der Waals surface area contributed by atoms with Gasteiger partial charge in [-0.1, -0.05) is 10.7 Å². The largest absolute Gasteiger partial charge is 0.304 e. The van der Waals surface area contributed by atoms with E-state index in [4.69, 9.17) is 0 Å². The molecule has 1 aliphatic heterocycles. The van der Waals surface area contributed by atoms with Crippen LogP contribution in [-0.4, -0.2) is 43.6 Å². The van der Waals surface area contributed by atoms with Crippen LogP contribution in [0.4, 0.5) is 0 Å². The van der Waals surface area contributed by atoms with Gasteiger partial charge in [0, 0.05) is 25.4 Å². The molecule has 0 aromatic heterocycles. The lowest BCUT2D eigenvalue weighted by atomic mass is 10.2. The third-order valence-electron chi connectivity index (χ3n) is 1.80. The minimum atomic E-state index is 0.328. The van der Waals surface area contributed by atoms with E-state index >= 15 is 0 Å². The van der Waals surface area contributed by atoms with Gasteiger partial charge in [-0.25, -0.2) is 0 Å². The van der Waals surface area contributed by atoms with Gasteiger partial charge in [-0.3, -0.25) is 4.36 Å². The summed E-state index contributed by atoms with van der Waals surface area (Å²) < 4.78 is 4.25. The Morgan fingerprint density at radius 2 is 2.11 bits per heavy atom. The van der Waals surface area contributed by atoms with Gasteiger partial charge in [0.15, 0.2) is 0 Å². The highest BCUT2D eigenvalue weighted by Crippen LogP contribution is 2.10. The Morgan fingerprint density at radius 1 is 1.56 bits per heavy atom. The number of rotatable bonds is 1. The molecule has 1 heterocycles. The van der Waals surface area contributed by atoms with E-state index in [0.29, 0.717) is 10.7 Å². The molecule has 0 aromatic carbocycles. The molecule has 0 saturated carbocycles. The second-order valence-electron chi connectivity index (χ2n) is 2.55. The van der Waals surface area contributed by atoms with E-state index < -0.39 is 0 Å². The summed E-state index contributed by atoms with van der Waals surface area (Å²) in [6, 6.07) is 0. The first-order valence-electron chi connectivity index (χ1n) is 3.17. The van der Waals surface area contributed by atoms with Crippen molar-refractivity contribution < 1.29 is 0 Å². The van der Waals surface area contributed by atoms with E-state index in [-0.39, 0.29) is 0 Å². The first-order chi connectivity index (χ1) is 4.24. The highest BCUT2D eigenvalue weighted by Gasteiger charge is 2.24. The minimum absolute atomic E-state index is 0.328. The molecule has 0 radical (unpaired) electrons. The van der Waals surface area contributed by atoms with Gasteiger partial charge in [0.25, 0.3) is 0 Å². The van der Waals surface area contributed by atoms with Crippen LogP contribution in [-0.2, 0) is 10.7 Å². The SMILES string of the molecule is CN=S(C)C1CN(C)C1. The normalized spacial score (nSPS) is 26.1. The Labute approximate surface area is 59.3 Å². The summed E-state index contributed by atoms with van der Waals surface area (Å²) in [7, 11) is 4.40. The summed E-state index contributed by atoms with van der Waals surface area (Å²) in [5.41, 5.74) is 0. The van der Waals surface area contributed by atoms with Crippen LogP contribution in [0.15, 0.2) is 4.36 Å². The molecule has 3 heteroatoms. The van der Waals surface area contributed by atoms with Crippen molar-refractivity contribution in [2.24, 2.45) is 4.36 Å². The molecule has 1 atom stereocenters. The van der Waals surface area contributed by atoms with Crippen molar-refractivity contribution in [2.75, 3.05) is 33.4 Å². The molecular formula is C6H14N2S. The standard InChI is InChI=1S/C6H14N2S/c1-7-9(3)6-4-8(2)5-6/h6H,4-5H2,1-3H3. The second kappa shape index (κ2) is 2.80. The Bertz CT molecular complexity index is 127. The summed E-state index contributed by atoms with van der Waals surface area (Å²) in [6.07, 6.45) is 2.22. The van der Waals surface area contributed by atoms with Crippen LogP contribution in [0.25, 0.3) is 0 Å². The Hall–Kier alpha value is 0.110. The second-order valence-corrected chi connectivity index (χ2v) is 4.63. The maximum Gasteiger partial charge on any atom is 0.0406 e. The predicted molar refractivity (Wildman–Crippen MR) is 42.9 cm³/mol. The zero-order chi connectivity index (χ0) is 6.85. The van der Waals surface area contributed by atoms with Crippen molar-refractivity contribution >= 4 is 10.7 Å². The Balaban J connectivity index is 2.32. The molecule has 9 heavy (non-hydrogen) atoms. The predicted octanol–water partition coefficient (Wildman–Crippen LogP) is 0.362. The molecule has 1 aliphatic rings. The van der Waals surface area contributed by atoms with Crippen molar-refractivity contribution in [1.29, 1.82) is 0 Å². The van der Waals surface area contributed by atoms with E-state index in [9.17, 15) is 0 Å². The minimum Gasteiger partial charge on any atom is -0.304 e. The van der Waals surface area contributed by atoms with Gasteiger partial charge in [-0.05, 0) is 13.3 Å². The van der Waals surface area contributed by atoms with Gasteiger partial charge in [0.2, 0.25) is 0 Å². The molecule has 1 rings (SSSR count). The average molecular weight is 146 g/mol. The number of hydrogen-bond donors (Lipinski definition) is 0. The fourth-order valence-corrected chi connectivity index (χ4v) is 2.25. The van der Waals surface area contributed by atoms with E-state index in [1.54, 1.807) is 0 Å². The van der Waals surface area contributed by atoms with Crippen LogP contribution in [0.1, 0.15) is 0 Å². The number of likely N-dealkylation sites (tertiary alicyclic amines) is 1. The molecule has 0 N–H and O–H groups in total. The third-order valence-corrected chi connectivity index (χ3v) is 3.64. The van der Waals surface area contributed by atoms with Crippen molar-refractivity contribution in [3.8, 4) is 0 Å². The smallest absolute Gasteiger partial charge is 0.0406 e. The van der Waals surface area contributed by atoms with Gasteiger partial charge >= 0.3 is 0 Å². The summed E-state index contributed by atoms with van der Waals surface area (Å²) in [5.74, 6) is 0. The Morgan fingerprint density at radius 3 is 2.44 bits per heavy atom. The lowest BCUT2D eigenvalue weighted by molar-refractivity contribution is 0.238. The van der Waals surface area contributed by atoms with Crippen LogP contribution in [0.5, 0.6) is 0 Å². The summed E-state index contributed by atoms with van der Waals surface area (Å²) >= 11 is 0. The van der Waals surface area contributed by atoms with E-state index in [0.717, 1.165) is 5.25 Å². The molecule has 2 nitrogen and oxygen atoms in total. The Kier molecular flexibility index (Phi) is 2.24. The quantitative estimate of drug-likeness (QED) is 0.521. The van der Waals surface area contributed by atoms with E-state index in [1.165, 1.54) is 13.1 Å². The van der Waals surface area contributed by atoms with Gasteiger partial charge in [0.1, 0.15) is 0 Å². The topological polar surface area (TPSA) is 15.6 Å². The highest BCUT2D eigenvalue weighted by molar-refractivity contribution is 7.87. The molecular weight excluding hydrogens is 132 g/mol. The van der Waals surface area contributed by atoms with Gasteiger partial charge < -0.3 is 4.90 Å². The molecule has 0 aliphatic carbocycles. The summed E-state index contributed by atoms with van der Waals surface area (Å²) in [6.45, 7) is 2.49. The molecule has 0 aromatic rings. The summed E-state index contributed by atoms with van der Waals surface area (Å²) in [4.78, 5) is 2.33. The van der Waals surface area contributed by atoms with E-state index in [2.05, 4.69) is 22.6 Å². The van der Waals surface area contributed by atoms with Crippen LogP contribution < -0.4 is 0 Å². The maximum atomic E-state index is 4.25. The van der Waals surface area contributed by atoms with Gasteiger partial charge in [-0.15, -0.1) is 0 Å². The lowest BCUT2D eigenvalue weighted by Gasteiger charge is -2.36. The summed E-state index contributed by atoms with van der Waals surface area (Å²) in [5, 5.41) is 0.861. The van der Waals surface area contributed by atoms with Crippen LogP contribution in [0.3, 0.4) is 0 Å². The fraction of sp³-hybridized carbons (Fsp3) is 1.00. The van der Waals surface area contributed by atoms with Crippen molar-refractivity contribution in [3.05, 3.63) is 0 Å². The number of nitrogens with zero attached hydrogens (tertiary/aromatic N) is 2. The highest BCUT2D eigenvalue weighted by atomic mass is 32.2. The first kappa shape index (κ1) is 7.22. The number of hydrogen-bond acceptors (Lipinski definition) is 2. The zero-order valence-electron chi connectivity index (χ0n) is 6.29. The van der Waals surface area contributed by atoms with Crippen molar-refractivity contribution in [1.82, 2.24) is 4.90 Å². The van der Waals surface area contributed by atoms with Gasteiger partial charge in [-0.2, -0.15) is 0 Å². The average Bonchev–Trinajstić information content (AvgIpc) is 1.79. The van der Waals surface area contributed by atoms with Crippen LogP contribution in [0, 0.1) is 0 Å². The first-order valence-corrected chi connectivity index (χ1v) is 4.82. The third kappa shape index (κ3) is 1.52. The molecule has 0 bridgehead atoms. The maximum absolute atomic E-state index is 4.25. The zero-order valence-corrected chi connectivity index (χ0v) is 7.11.